The lowest BCUT2D eigenvalue weighted by atomic mass is 9.98. The quantitative estimate of drug-likeness (QED) is 0.0288. The highest BCUT2D eigenvalue weighted by atomic mass is 16.7. The second-order valence-corrected chi connectivity index (χ2v) is 15.5. The van der Waals surface area contributed by atoms with Crippen LogP contribution in [0.15, 0.2) is 24.3 Å². The Morgan fingerprint density at radius 3 is 1.64 bits per heavy atom. The number of carbonyl (C=O) groups is 2. The van der Waals surface area contributed by atoms with Gasteiger partial charge in [0.1, 0.15) is 55.4 Å². The van der Waals surface area contributed by atoms with Crippen molar-refractivity contribution in [2.24, 2.45) is 0 Å². The Morgan fingerprint density at radius 2 is 1.03 bits per heavy atom. The van der Waals surface area contributed by atoms with Crippen LogP contribution in [0.25, 0.3) is 0 Å². The van der Waals surface area contributed by atoms with Gasteiger partial charge in [-0.05, 0) is 44.9 Å². The smallest absolute Gasteiger partial charge is 0.306 e. The first kappa shape index (κ1) is 52.1. The van der Waals surface area contributed by atoms with Gasteiger partial charge < -0.3 is 64.2 Å². The van der Waals surface area contributed by atoms with Gasteiger partial charge >= 0.3 is 11.9 Å². The zero-order valence-electron chi connectivity index (χ0n) is 35.0. The average molecular weight is 833 g/mol. The van der Waals surface area contributed by atoms with Crippen LogP contribution < -0.4 is 0 Å². The predicted octanol–water partition coefficient (Wildman–Crippen LogP) is 4.04. The van der Waals surface area contributed by atoms with E-state index in [-0.39, 0.29) is 26.1 Å². The van der Waals surface area contributed by atoms with Crippen LogP contribution in [0.1, 0.15) is 142 Å². The molecule has 11 unspecified atom stereocenters. The molecule has 15 heteroatoms. The summed E-state index contributed by atoms with van der Waals surface area (Å²) in [7, 11) is 0. The molecule has 2 fully saturated rings. The van der Waals surface area contributed by atoms with Crippen LogP contribution in [-0.4, -0.2) is 142 Å². The van der Waals surface area contributed by atoms with E-state index in [0.29, 0.717) is 12.8 Å². The van der Waals surface area contributed by atoms with E-state index in [2.05, 4.69) is 38.2 Å². The van der Waals surface area contributed by atoms with Crippen LogP contribution in [-0.2, 0) is 38.0 Å². The third-order valence-electron chi connectivity index (χ3n) is 10.4. The van der Waals surface area contributed by atoms with E-state index < -0.39 is 92.7 Å². The number of rotatable bonds is 32. The van der Waals surface area contributed by atoms with Gasteiger partial charge in [0.25, 0.3) is 0 Å². The fourth-order valence-electron chi connectivity index (χ4n) is 6.72. The highest BCUT2D eigenvalue weighted by molar-refractivity contribution is 5.70. The van der Waals surface area contributed by atoms with Gasteiger partial charge in [-0.2, -0.15) is 0 Å². The molecule has 58 heavy (non-hydrogen) atoms. The maximum Gasteiger partial charge on any atom is 0.306 e. The lowest BCUT2D eigenvalue weighted by Gasteiger charge is -2.42. The lowest BCUT2D eigenvalue weighted by Crippen LogP contribution is -2.61. The first-order valence-electron chi connectivity index (χ1n) is 21.9. The molecular formula is C43H76O15. The monoisotopic (exact) mass is 833 g/mol. The number of allylic oxidation sites excluding steroid dienone is 4. The van der Waals surface area contributed by atoms with Crippen molar-refractivity contribution in [1.29, 1.82) is 0 Å². The van der Waals surface area contributed by atoms with Crippen LogP contribution in [0.5, 0.6) is 0 Å². The van der Waals surface area contributed by atoms with E-state index >= 15 is 0 Å². The standard InChI is InChI=1S/C43H76O15/c1-3-5-7-9-11-12-13-14-15-16-17-18-20-22-24-26-35(46)56-31(28-53-34(45)25-23-21-19-10-8-6-4-2)29-54-42-41(52)39(50)37(48)33(58-42)30-55-43-40(51)38(49)36(47)32(27-44)57-43/h11-12,14-15,31-33,36-44,47-52H,3-10,13,16-30H2,1-2H3/b12-11-,15-14-. The first-order valence-corrected chi connectivity index (χ1v) is 21.9. The molecule has 2 saturated heterocycles. The SMILES string of the molecule is CCCCC/C=C\C/C=C\CCCCCCCC(=O)OC(COC(=O)CCCCCCCCC)COC1OC(COC2OC(CO)C(O)C(O)C2O)C(O)C(O)C1O. The summed E-state index contributed by atoms with van der Waals surface area (Å²) < 4.78 is 33.3. The van der Waals surface area contributed by atoms with E-state index in [1.165, 1.54) is 32.1 Å². The van der Waals surface area contributed by atoms with E-state index in [4.69, 9.17) is 28.4 Å². The third kappa shape index (κ3) is 21.0. The first-order chi connectivity index (χ1) is 28.0. The maximum absolute atomic E-state index is 12.9. The Hall–Kier alpha value is -2.02. The summed E-state index contributed by atoms with van der Waals surface area (Å²) in [5.74, 6) is -0.949. The molecule has 11 atom stereocenters. The van der Waals surface area contributed by atoms with Crippen molar-refractivity contribution in [1.82, 2.24) is 0 Å². The van der Waals surface area contributed by atoms with Gasteiger partial charge in [-0.1, -0.05) is 109 Å². The number of carbonyl (C=O) groups excluding carboxylic acids is 2. The van der Waals surface area contributed by atoms with Crippen molar-refractivity contribution in [3.63, 3.8) is 0 Å². The minimum absolute atomic E-state index is 0.151. The number of hydrogen-bond donors (Lipinski definition) is 7. The van der Waals surface area contributed by atoms with Crippen LogP contribution >= 0.6 is 0 Å². The molecule has 0 aromatic heterocycles. The molecule has 338 valence electrons. The fraction of sp³-hybridized carbons (Fsp3) is 0.860. The second kappa shape index (κ2) is 31.8. The zero-order valence-corrected chi connectivity index (χ0v) is 35.0. The topological polar surface area (TPSA) is 231 Å². The summed E-state index contributed by atoms with van der Waals surface area (Å²) in [6.45, 7) is 2.47. The molecule has 0 radical (unpaired) electrons. The van der Waals surface area contributed by atoms with E-state index in [9.17, 15) is 45.3 Å². The molecule has 0 aromatic rings. The van der Waals surface area contributed by atoms with Crippen LogP contribution in [0, 0.1) is 0 Å². The van der Waals surface area contributed by atoms with Crippen LogP contribution in [0.4, 0.5) is 0 Å². The minimum Gasteiger partial charge on any atom is -0.462 e. The number of hydrogen-bond acceptors (Lipinski definition) is 15. The Balaban J connectivity index is 1.86. The number of esters is 2. The van der Waals surface area contributed by atoms with Gasteiger partial charge in [0.2, 0.25) is 0 Å². The molecule has 2 rings (SSSR count). The van der Waals surface area contributed by atoms with Gasteiger partial charge in [-0.15, -0.1) is 0 Å². The zero-order chi connectivity index (χ0) is 42.5. The maximum atomic E-state index is 12.9. The molecule has 15 nitrogen and oxygen atoms in total. The normalized spacial score (nSPS) is 28.3. The molecule has 0 amide bonds. The molecule has 0 bridgehead atoms. The summed E-state index contributed by atoms with van der Waals surface area (Å²) in [4.78, 5) is 25.4. The summed E-state index contributed by atoms with van der Waals surface area (Å²) in [5.41, 5.74) is 0. The average Bonchev–Trinajstić information content (AvgIpc) is 3.21. The minimum atomic E-state index is -1.76. The van der Waals surface area contributed by atoms with Crippen molar-refractivity contribution in [3.8, 4) is 0 Å². The van der Waals surface area contributed by atoms with Crippen molar-refractivity contribution in [2.45, 2.75) is 210 Å². The van der Waals surface area contributed by atoms with Gasteiger partial charge in [-0.3, -0.25) is 9.59 Å². The Morgan fingerprint density at radius 1 is 0.552 bits per heavy atom. The highest BCUT2D eigenvalue weighted by Crippen LogP contribution is 2.26. The molecule has 0 spiro atoms. The predicted molar refractivity (Wildman–Crippen MR) is 215 cm³/mol. The molecule has 2 aliphatic heterocycles. The van der Waals surface area contributed by atoms with E-state index in [1.54, 1.807) is 0 Å². The number of aliphatic hydroxyl groups is 7. The number of aliphatic hydroxyl groups excluding tert-OH is 7. The molecular weight excluding hydrogens is 756 g/mol. The van der Waals surface area contributed by atoms with Gasteiger partial charge in [0.05, 0.1) is 19.8 Å². The molecule has 0 aliphatic carbocycles. The Bertz CT molecular complexity index is 1120. The summed E-state index contributed by atoms with van der Waals surface area (Å²) in [5, 5.41) is 71.7. The van der Waals surface area contributed by atoms with Crippen molar-refractivity contribution < 1.29 is 73.8 Å². The summed E-state index contributed by atoms with van der Waals surface area (Å²) in [6.07, 6.45) is 11.1. The van der Waals surface area contributed by atoms with Gasteiger partial charge in [0.15, 0.2) is 18.7 Å². The third-order valence-corrected chi connectivity index (χ3v) is 10.4. The van der Waals surface area contributed by atoms with Gasteiger partial charge in [-0.25, -0.2) is 0 Å². The molecule has 7 N–H and O–H groups in total. The Labute approximate surface area is 345 Å². The van der Waals surface area contributed by atoms with Crippen LogP contribution in [0.2, 0.25) is 0 Å². The second-order valence-electron chi connectivity index (χ2n) is 15.5. The molecule has 0 saturated carbocycles. The molecule has 0 aromatic carbocycles. The number of unbranched alkanes of at least 4 members (excludes halogenated alkanes) is 14. The molecule has 2 aliphatic rings. The molecule has 2 heterocycles. The van der Waals surface area contributed by atoms with E-state index in [0.717, 1.165) is 70.6 Å². The van der Waals surface area contributed by atoms with Gasteiger partial charge in [0, 0.05) is 12.8 Å². The summed E-state index contributed by atoms with van der Waals surface area (Å²) >= 11 is 0. The van der Waals surface area contributed by atoms with Crippen LogP contribution in [0.3, 0.4) is 0 Å². The highest BCUT2D eigenvalue weighted by Gasteiger charge is 2.47. The Kier molecular flexibility index (Phi) is 28.6. The van der Waals surface area contributed by atoms with Crippen molar-refractivity contribution in [3.05, 3.63) is 24.3 Å². The lowest BCUT2D eigenvalue weighted by molar-refractivity contribution is -0.332. The van der Waals surface area contributed by atoms with E-state index in [1.807, 2.05) is 0 Å². The number of ether oxygens (including phenoxy) is 6. The van der Waals surface area contributed by atoms with Crippen molar-refractivity contribution >= 4 is 11.9 Å². The summed E-state index contributed by atoms with van der Waals surface area (Å²) in [6, 6.07) is 0. The fourth-order valence-corrected chi connectivity index (χ4v) is 6.72. The van der Waals surface area contributed by atoms with Crippen molar-refractivity contribution in [2.75, 3.05) is 26.4 Å². The largest absolute Gasteiger partial charge is 0.462 e.